The lowest BCUT2D eigenvalue weighted by atomic mass is 10.0. The Balaban J connectivity index is 2.07. The lowest BCUT2D eigenvalue weighted by Gasteiger charge is -2.44. The van der Waals surface area contributed by atoms with Crippen molar-refractivity contribution in [1.29, 1.82) is 0 Å². The van der Waals surface area contributed by atoms with Gasteiger partial charge in [-0.1, -0.05) is 46.1 Å². The first-order chi connectivity index (χ1) is 15.3. The standard InChI is InChI=1S/C22H28N2O6S3/c1-16-6-10-18(11-7-16)32(26,27)23-31-15-14-24(20(21(25)30-5)22(31,3)4)33(28,29)19-12-8-17(2)9-13-19/h6-13,20H,14-15H2,1-5H3. The zero-order valence-corrected chi connectivity index (χ0v) is 21.6. The Labute approximate surface area is 198 Å². The molecule has 0 bridgehead atoms. The van der Waals surface area contributed by atoms with Gasteiger partial charge in [0.2, 0.25) is 10.0 Å². The highest BCUT2D eigenvalue weighted by Crippen LogP contribution is 2.35. The van der Waals surface area contributed by atoms with Gasteiger partial charge >= 0.3 is 5.97 Å². The molecule has 1 aliphatic heterocycles. The van der Waals surface area contributed by atoms with Gasteiger partial charge in [-0.2, -0.15) is 12.7 Å². The van der Waals surface area contributed by atoms with Crippen molar-refractivity contribution in [2.45, 2.75) is 48.3 Å². The highest BCUT2D eigenvalue weighted by Gasteiger charge is 2.51. The summed E-state index contributed by atoms with van der Waals surface area (Å²) in [4.78, 5) is 12.9. The molecule has 8 nitrogen and oxygen atoms in total. The van der Waals surface area contributed by atoms with Gasteiger partial charge in [-0.25, -0.2) is 8.42 Å². The van der Waals surface area contributed by atoms with Crippen molar-refractivity contribution in [3.8, 4) is 0 Å². The second-order valence-electron chi connectivity index (χ2n) is 8.39. The molecular weight excluding hydrogens is 484 g/mol. The van der Waals surface area contributed by atoms with Gasteiger partial charge in [-0.15, -0.1) is 3.77 Å². The van der Waals surface area contributed by atoms with Crippen LogP contribution < -0.4 is 0 Å². The minimum absolute atomic E-state index is 0.0562. The van der Waals surface area contributed by atoms with E-state index in [1.165, 1.54) is 31.4 Å². The summed E-state index contributed by atoms with van der Waals surface area (Å²) in [6, 6.07) is 11.5. The number of hydrogen-bond acceptors (Lipinski definition) is 6. The van der Waals surface area contributed by atoms with Gasteiger partial charge in [0.15, 0.2) is 0 Å². The molecule has 0 saturated carbocycles. The van der Waals surface area contributed by atoms with Gasteiger partial charge in [0, 0.05) is 17.0 Å². The molecule has 0 amide bonds. The van der Waals surface area contributed by atoms with Crippen LogP contribution in [0, 0.1) is 13.8 Å². The van der Waals surface area contributed by atoms with Gasteiger partial charge in [0.1, 0.15) is 6.04 Å². The molecule has 0 radical (unpaired) electrons. The molecule has 2 aromatic rings. The molecule has 2 aromatic carbocycles. The quantitative estimate of drug-likeness (QED) is 0.570. The van der Waals surface area contributed by atoms with Crippen molar-refractivity contribution < 1.29 is 26.4 Å². The molecule has 0 N–H and O–H groups in total. The van der Waals surface area contributed by atoms with E-state index in [0.29, 0.717) is 0 Å². The summed E-state index contributed by atoms with van der Waals surface area (Å²) >= 11 is 0. The fraction of sp³-hybridized carbons (Fsp3) is 0.409. The predicted molar refractivity (Wildman–Crippen MR) is 128 cm³/mol. The van der Waals surface area contributed by atoms with Crippen LogP contribution in [0.1, 0.15) is 25.0 Å². The largest absolute Gasteiger partial charge is 0.468 e. The van der Waals surface area contributed by atoms with Gasteiger partial charge in [-0.05, 0) is 52.0 Å². The SMILES string of the molecule is COC(=O)C1N(S(=O)(=O)c2ccc(C)cc2)CCS(=NS(=O)(=O)c2ccc(C)cc2)C1(C)C. The first kappa shape index (κ1) is 25.5. The molecule has 1 saturated heterocycles. The third-order valence-corrected chi connectivity index (χ3v) is 11.9. The van der Waals surface area contributed by atoms with Crippen LogP contribution in [0.3, 0.4) is 0 Å². The van der Waals surface area contributed by atoms with E-state index < -0.39 is 47.5 Å². The van der Waals surface area contributed by atoms with E-state index in [2.05, 4.69) is 3.77 Å². The molecule has 0 aromatic heterocycles. The molecular formula is C22H28N2O6S3. The number of ether oxygens (including phenoxy) is 1. The number of nitrogens with zero attached hydrogens (tertiary/aromatic N) is 2. The highest BCUT2D eigenvalue weighted by molar-refractivity contribution is 8.01. The van der Waals surface area contributed by atoms with Crippen LogP contribution in [0.4, 0.5) is 0 Å². The Hall–Kier alpha value is -2.08. The zero-order chi connectivity index (χ0) is 24.6. The molecule has 2 atom stereocenters. The van der Waals surface area contributed by atoms with Crippen molar-refractivity contribution in [1.82, 2.24) is 4.31 Å². The Bertz CT molecular complexity index is 1280. The van der Waals surface area contributed by atoms with E-state index in [1.807, 2.05) is 13.8 Å². The monoisotopic (exact) mass is 512 g/mol. The second kappa shape index (κ2) is 9.28. The molecule has 1 aliphatic rings. The number of hydrogen-bond donors (Lipinski definition) is 0. The van der Waals surface area contributed by atoms with Gasteiger partial charge in [0.05, 0.1) is 16.9 Å². The van der Waals surface area contributed by atoms with E-state index >= 15 is 0 Å². The third-order valence-electron chi connectivity index (χ3n) is 5.62. The Kier molecular flexibility index (Phi) is 7.18. The van der Waals surface area contributed by atoms with Crippen molar-refractivity contribution in [2.24, 2.45) is 3.77 Å². The number of rotatable bonds is 5. The summed E-state index contributed by atoms with van der Waals surface area (Å²) in [5.41, 5.74) is 1.82. The van der Waals surface area contributed by atoms with Crippen LogP contribution in [0.2, 0.25) is 0 Å². The van der Waals surface area contributed by atoms with E-state index in [0.717, 1.165) is 15.4 Å². The number of aryl methyl sites for hydroxylation is 2. The highest BCUT2D eigenvalue weighted by atomic mass is 32.3. The van der Waals surface area contributed by atoms with Crippen LogP contribution in [0.15, 0.2) is 62.1 Å². The number of carbonyl (C=O) groups is 1. The zero-order valence-electron chi connectivity index (χ0n) is 19.2. The van der Waals surface area contributed by atoms with Crippen molar-refractivity contribution in [3.05, 3.63) is 59.7 Å². The minimum Gasteiger partial charge on any atom is -0.468 e. The van der Waals surface area contributed by atoms with Gasteiger partial charge in [0.25, 0.3) is 10.0 Å². The van der Waals surface area contributed by atoms with E-state index in [4.69, 9.17) is 4.74 Å². The van der Waals surface area contributed by atoms with Gasteiger partial charge < -0.3 is 4.74 Å². The number of methoxy groups -OCH3 is 1. The smallest absolute Gasteiger partial charge is 0.325 e. The first-order valence-electron chi connectivity index (χ1n) is 10.2. The molecule has 180 valence electrons. The van der Waals surface area contributed by atoms with Gasteiger partial charge in [-0.3, -0.25) is 4.79 Å². The number of carbonyl (C=O) groups excluding carboxylic acids is 1. The fourth-order valence-corrected chi connectivity index (χ4v) is 9.77. The summed E-state index contributed by atoms with van der Waals surface area (Å²) in [5.74, 6) is -0.590. The summed E-state index contributed by atoms with van der Waals surface area (Å²) in [6.45, 7) is 6.95. The summed E-state index contributed by atoms with van der Waals surface area (Å²) in [7, 11) is -8.01. The molecule has 2 unspecified atom stereocenters. The Morgan fingerprint density at radius 3 is 1.94 bits per heavy atom. The third kappa shape index (κ3) is 5.06. The van der Waals surface area contributed by atoms with Crippen LogP contribution in [0.25, 0.3) is 0 Å². The molecule has 3 rings (SSSR count). The summed E-state index contributed by atoms with van der Waals surface area (Å²) in [5, 5.41) is 0. The molecule has 1 heterocycles. The Morgan fingerprint density at radius 2 is 1.45 bits per heavy atom. The second-order valence-corrected chi connectivity index (χ2v) is 14.5. The maximum Gasteiger partial charge on any atom is 0.325 e. The maximum atomic E-state index is 13.4. The van der Waals surface area contributed by atoms with Crippen molar-refractivity contribution >= 4 is 36.7 Å². The summed E-state index contributed by atoms with van der Waals surface area (Å²) in [6.07, 6.45) is 0. The van der Waals surface area contributed by atoms with E-state index in [-0.39, 0.29) is 22.1 Å². The number of benzene rings is 2. The first-order valence-corrected chi connectivity index (χ1v) is 14.5. The Morgan fingerprint density at radius 1 is 0.970 bits per heavy atom. The van der Waals surface area contributed by atoms with Crippen LogP contribution >= 0.6 is 0 Å². The molecule has 0 spiro atoms. The normalized spacial score (nSPS) is 21.6. The maximum absolute atomic E-state index is 13.4. The summed E-state index contributed by atoms with van der Waals surface area (Å²) < 4.78 is 61.9. The number of esters is 1. The van der Waals surface area contributed by atoms with E-state index in [9.17, 15) is 21.6 Å². The van der Waals surface area contributed by atoms with E-state index in [1.54, 1.807) is 38.1 Å². The van der Waals surface area contributed by atoms with Crippen LogP contribution in [-0.2, 0) is 40.3 Å². The fourth-order valence-electron chi connectivity index (χ4n) is 3.67. The predicted octanol–water partition coefficient (Wildman–Crippen LogP) is 2.82. The molecule has 0 aliphatic carbocycles. The molecule has 11 heteroatoms. The number of sulfonamides is 2. The lowest BCUT2D eigenvalue weighted by molar-refractivity contribution is -0.146. The van der Waals surface area contributed by atoms with Crippen molar-refractivity contribution in [3.63, 3.8) is 0 Å². The van der Waals surface area contributed by atoms with Crippen LogP contribution in [-0.4, -0.2) is 57.3 Å². The lowest BCUT2D eigenvalue weighted by Crippen LogP contribution is -2.63. The average molecular weight is 513 g/mol. The van der Waals surface area contributed by atoms with Crippen molar-refractivity contribution in [2.75, 3.05) is 19.4 Å². The van der Waals surface area contributed by atoms with Crippen LogP contribution in [0.5, 0.6) is 0 Å². The molecule has 33 heavy (non-hydrogen) atoms. The molecule has 1 fully saturated rings. The topological polar surface area (TPSA) is 110 Å². The average Bonchev–Trinajstić information content (AvgIpc) is 2.74. The minimum atomic E-state index is -4.03.